The summed E-state index contributed by atoms with van der Waals surface area (Å²) in [6, 6.07) is 0. The molecular weight excluding hydrogens is 230 g/mol. The molecule has 0 radical (unpaired) electrons. The van der Waals surface area contributed by atoms with Gasteiger partial charge in [-0.15, -0.1) is 0 Å². The largest absolute Gasteiger partial charge is 2.00 e. The summed E-state index contributed by atoms with van der Waals surface area (Å²) in [5.74, 6) is -0.110. The molecule has 0 aromatic heterocycles. The van der Waals surface area contributed by atoms with Crippen LogP contribution in [-0.2, 0) is 14.9 Å². The first-order valence-electron chi connectivity index (χ1n) is 4.53. The van der Waals surface area contributed by atoms with E-state index in [0.717, 1.165) is 0 Å². The van der Waals surface area contributed by atoms with Crippen molar-refractivity contribution in [3.63, 3.8) is 0 Å². The topological polar surface area (TPSA) is 83.5 Å². The minimum atomic E-state index is -3.90. The first-order chi connectivity index (χ1) is 6.31. The first-order valence-corrected chi connectivity index (χ1v) is 6.14. The van der Waals surface area contributed by atoms with E-state index in [1.165, 1.54) is 0 Å². The molecule has 0 bridgehead atoms. The maximum Gasteiger partial charge on any atom is 2.00 e. The van der Waals surface area contributed by atoms with Crippen molar-refractivity contribution >= 4 is 39.1 Å². The molecule has 7 heteroatoms. The summed E-state index contributed by atoms with van der Waals surface area (Å²) in [5, 5.41) is 2.57. The van der Waals surface area contributed by atoms with Gasteiger partial charge in [-0.25, -0.2) is 0 Å². The Morgan fingerprint density at radius 2 is 2.00 bits per heavy atom. The zero-order valence-corrected chi connectivity index (χ0v) is 11.4. The van der Waals surface area contributed by atoms with E-state index in [-0.39, 0.29) is 56.4 Å². The molecule has 0 aliphatic heterocycles. The van der Waals surface area contributed by atoms with E-state index in [0.29, 0.717) is 6.42 Å². The zero-order chi connectivity index (χ0) is 11.2. The SMILES string of the molecule is CC(C)CC(=O)NCCCS(=O)(=O)O.[H-].[H-].[Mg+2]. The molecule has 5 nitrogen and oxygen atoms in total. The maximum absolute atomic E-state index is 11.1. The number of hydrogen-bond acceptors (Lipinski definition) is 3. The van der Waals surface area contributed by atoms with Gasteiger partial charge in [-0.1, -0.05) is 13.8 Å². The Morgan fingerprint density at radius 3 is 2.40 bits per heavy atom. The summed E-state index contributed by atoms with van der Waals surface area (Å²) in [5.41, 5.74) is 0. The number of carbonyl (C=O) groups excluding carboxylic acids is 1. The third-order valence-electron chi connectivity index (χ3n) is 1.49. The van der Waals surface area contributed by atoms with E-state index < -0.39 is 10.1 Å². The summed E-state index contributed by atoms with van der Waals surface area (Å²) in [4.78, 5) is 11.1. The molecule has 0 aromatic carbocycles. The van der Waals surface area contributed by atoms with Crippen LogP contribution in [0.3, 0.4) is 0 Å². The molecule has 0 saturated carbocycles. The molecule has 0 saturated heterocycles. The molecule has 2 N–H and O–H groups in total. The van der Waals surface area contributed by atoms with E-state index >= 15 is 0 Å². The fourth-order valence-corrected chi connectivity index (χ4v) is 1.43. The van der Waals surface area contributed by atoms with Gasteiger partial charge in [0.1, 0.15) is 0 Å². The summed E-state index contributed by atoms with van der Waals surface area (Å²) in [7, 11) is -3.90. The molecule has 88 valence electrons. The van der Waals surface area contributed by atoms with E-state index in [2.05, 4.69) is 5.32 Å². The summed E-state index contributed by atoms with van der Waals surface area (Å²) >= 11 is 0. The second kappa shape index (κ2) is 8.32. The van der Waals surface area contributed by atoms with Gasteiger partial charge >= 0.3 is 23.1 Å². The molecule has 0 aliphatic carbocycles. The molecule has 1 amide bonds. The van der Waals surface area contributed by atoms with Crippen molar-refractivity contribution < 1.29 is 20.6 Å². The summed E-state index contributed by atoms with van der Waals surface area (Å²) in [6.45, 7) is 4.14. The van der Waals surface area contributed by atoms with Crippen molar-refractivity contribution in [1.29, 1.82) is 0 Å². The zero-order valence-electron chi connectivity index (χ0n) is 11.2. The average molecular weight is 250 g/mol. The van der Waals surface area contributed by atoms with Crippen molar-refractivity contribution in [2.45, 2.75) is 26.7 Å². The third kappa shape index (κ3) is 14.1. The van der Waals surface area contributed by atoms with Crippen LogP contribution >= 0.6 is 0 Å². The van der Waals surface area contributed by atoms with Crippen molar-refractivity contribution in [2.24, 2.45) is 5.92 Å². The molecular formula is C8H19MgNO4S. The van der Waals surface area contributed by atoms with Gasteiger partial charge in [0.2, 0.25) is 5.91 Å². The Balaban J connectivity index is -0.000000282. The molecule has 0 unspecified atom stereocenters. The fourth-order valence-electron chi connectivity index (χ4n) is 0.925. The van der Waals surface area contributed by atoms with Crippen LogP contribution in [0.15, 0.2) is 0 Å². The van der Waals surface area contributed by atoms with Gasteiger partial charge in [-0.3, -0.25) is 9.35 Å². The molecule has 0 atom stereocenters. The summed E-state index contributed by atoms with van der Waals surface area (Å²) in [6.07, 6.45) is 0.675. The van der Waals surface area contributed by atoms with Gasteiger partial charge < -0.3 is 8.17 Å². The standard InChI is InChI=1S/C8H17NO4S.Mg.2H/c1-7(2)6-8(10)9-4-3-5-14(11,12)13;;;/h7H,3-6H2,1-2H3,(H,9,10)(H,11,12,13);;;/q;+2;2*-1. The Hall–Kier alpha value is 0.146. The second-order valence-corrected chi connectivity index (χ2v) is 5.16. The molecule has 0 rings (SSSR count). The van der Waals surface area contributed by atoms with E-state index in [1.807, 2.05) is 13.8 Å². The normalized spacial score (nSPS) is 10.9. The molecule has 0 aliphatic rings. The van der Waals surface area contributed by atoms with Crippen molar-refractivity contribution in [1.82, 2.24) is 5.32 Å². The van der Waals surface area contributed by atoms with Gasteiger partial charge in [0, 0.05) is 13.0 Å². The van der Waals surface area contributed by atoms with Gasteiger partial charge in [-0.05, 0) is 12.3 Å². The van der Waals surface area contributed by atoms with Crippen LogP contribution in [0, 0.1) is 5.92 Å². The smallest absolute Gasteiger partial charge is 1.00 e. The Labute approximate surface area is 110 Å². The maximum atomic E-state index is 11.1. The molecule has 0 heterocycles. The second-order valence-electron chi connectivity index (χ2n) is 3.59. The minimum Gasteiger partial charge on any atom is -1.00 e. The predicted octanol–water partition coefficient (Wildman–Crippen LogP) is 0.271. The summed E-state index contributed by atoms with van der Waals surface area (Å²) < 4.78 is 29.0. The van der Waals surface area contributed by atoms with Crippen LogP contribution in [0.1, 0.15) is 29.5 Å². The quantitative estimate of drug-likeness (QED) is 0.402. The van der Waals surface area contributed by atoms with E-state index in [9.17, 15) is 13.2 Å². The van der Waals surface area contributed by atoms with Crippen LogP contribution in [0.25, 0.3) is 0 Å². The molecule has 15 heavy (non-hydrogen) atoms. The van der Waals surface area contributed by atoms with Gasteiger partial charge in [0.15, 0.2) is 0 Å². The minimum absolute atomic E-state index is 0. The van der Waals surface area contributed by atoms with Crippen LogP contribution in [-0.4, -0.2) is 54.2 Å². The van der Waals surface area contributed by atoms with Crippen LogP contribution < -0.4 is 5.32 Å². The monoisotopic (exact) mass is 249 g/mol. The Bertz CT molecular complexity index is 285. The number of amides is 1. The number of nitrogens with one attached hydrogen (secondary N) is 1. The van der Waals surface area contributed by atoms with Crippen LogP contribution in [0.4, 0.5) is 0 Å². The van der Waals surface area contributed by atoms with Crippen LogP contribution in [0.5, 0.6) is 0 Å². The van der Waals surface area contributed by atoms with Crippen molar-refractivity contribution in [2.75, 3.05) is 12.3 Å². The number of rotatable bonds is 6. The van der Waals surface area contributed by atoms with Crippen molar-refractivity contribution in [3.8, 4) is 0 Å². The number of carbonyl (C=O) groups is 1. The Morgan fingerprint density at radius 1 is 1.47 bits per heavy atom. The predicted molar refractivity (Wildman–Crippen MR) is 61.5 cm³/mol. The van der Waals surface area contributed by atoms with E-state index in [1.54, 1.807) is 0 Å². The van der Waals surface area contributed by atoms with Gasteiger partial charge in [0.05, 0.1) is 5.75 Å². The van der Waals surface area contributed by atoms with Crippen LogP contribution in [0.2, 0.25) is 0 Å². The average Bonchev–Trinajstić information content (AvgIpc) is 1.95. The molecule has 0 fully saturated rings. The van der Waals surface area contributed by atoms with E-state index in [4.69, 9.17) is 4.55 Å². The number of hydrogen-bond donors (Lipinski definition) is 2. The van der Waals surface area contributed by atoms with Gasteiger partial charge in [-0.2, -0.15) is 8.42 Å². The fraction of sp³-hybridized carbons (Fsp3) is 0.875. The Kier molecular flexibility index (Phi) is 9.72. The first kappa shape index (κ1) is 17.5. The molecule has 0 spiro atoms. The van der Waals surface area contributed by atoms with Gasteiger partial charge in [0.25, 0.3) is 10.1 Å². The third-order valence-corrected chi connectivity index (χ3v) is 2.30. The van der Waals surface area contributed by atoms with Crippen molar-refractivity contribution in [3.05, 3.63) is 0 Å². The molecule has 0 aromatic rings.